The van der Waals surface area contributed by atoms with Crippen LogP contribution >= 0.6 is 11.8 Å². The number of amides is 1. The third-order valence-electron chi connectivity index (χ3n) is 1.90. The molecule has 0 saturated carbocycles. The molecule has 1 aromatic carbocycles. The van der Waals surface area contributed by atoms with E-state index in [-0.39, 0.29) is 12.5 Å². The van der Waals surface area contributed by atoms with Crippen molar-refractivity contribution in [2.24, 2.45) is 0 Å². The van der Waals surface area contributed by atoms with Crippen LogP contribution in [0.2, 0.25) is 0 Å². The van der Waals surface area contributed by atoms with Crippen molar-refractivity contribution < 1.29 is 14.6 Å². The van der Waals surface area contributed by atoms with Gasteiger partial charge in [-0.15, -0.1) is 11.8 Å². The van der Waals surface area contributed by atoms with E-state index in [1.54, 1.807) is 0 Å². The van der Waals surface area contributed by atoms with Gasteiger partial charge in [0.05, 0.1) is 18.9 Å². The lowest BCUT2D eigenvalue weighted by atomic mass is 10.3. The van der Waals surface area contributed by atoms with Crippen LogP contribution in [0.1, 0.15) is 0 Å². The second-order valence-corrected chi connectivity index (χ2v) is 4.39. The van der Waals surface area contributed by atoms with E-state index in [0.717, 1.165) is 5.75 Å². The summed E-state index contributed by atoms with van der Waals surface area (Å²) in [6.45, 7) is 1.06. The molecular formula is C12H17NO3S. The predicted octanol–water partition coefficient (Wildman–Crippen LogP) is 0.907. The Morgan fingerprint density at radius 1 is 1.35 bits per heavy atom. The highest BCUT2D eigenvalue weighted by Gasteiger charge is 2.00. The average Bonchev–Trinajstić information content (AvgIpc) is 2.36. The smallest absolute Gasteiger partial charge is 0.230 e. The fourth-order valence-corrected chi connectivity index (χ4v) is 1.72. The third-order valence-corrected chi connectivity index (χ3v) is 2.84. The molecule has 0 spiro atoms. The van der Waals surface area contributed by atoms with E-state index in [4.69, 9.17) is 9.84 Å². The van der Waals surface area contributed by atoms with Gasteiger partial charge in [-0.25, -0.2) is 0 Å². The first kappa shape index (κ1) is 13.9. The van der Waals surface area contributed by atoms with Gasteiger partial charge in [0.15, 0.2) is 0 Å². The van der Waals surface area contributed by atoms with Gasteiger partial charge in [0.1, 0.15) is 12.4 Å². The Morgan fingerprint density at radius 3 is 2.82 bits per heavy atom. The first-order chi connectivity index (χ1) is 8.33. The molecule has 0 atom stereocenters. The molecule has 0 aliphatic carbocycles. The van der Waals surface area contributed by atoms with Crippen molar-refractivity contribution in [2.75, 3.05) is 31.3 Å². The number of carbonyl (C=O) groups is 1. The maximum Gasteiger partial charge on any atom is 0.230 e. The van der Waals surface area contributed by atoms with E-state index in [1.165, 1.54) is 11.8 Å². The first-order valence-electron chi connectivity index (χ1n) is 5.46. The van der Waals surface area contributed by atoms with E-state index in [9.17, 15) is 4.79 Å². The molecule has 0 aliphatic rings. The number of aliphatic hydroxyl groups excluding tert-OH is 1. The Kier molecular flexibility index (Phi) is 7.25. The van der Waals surface area contributed by atoms with Gasteiger partial charge in [-0.3, -0.25) is 4.79 Å². The first-order valence-corrected chi connectivity index (χ1v) is 6.61. The summed E-state index contributed by atoms with van der Waals surface area (Å²) in [7, 11) is 0. The SMILES string of the molecule is O=C(CSCCO)NCCOc1ccccc1. The van der Waals surface area contributed by atoms with Gasteiger partial charge in [0.2, 0.25) is 5.91 Å². The average molecular weight is 255 g/mol. The Balaban J connectivity index is 2.02. The quantitative estimate of drug-likeness (QED) is 0.678. The number of carbonyl (C=O) groups excluding carboxylic acids is 1. The number of rotatable bonds is 8. The Morgan fingerprint density at radius 2 is 2.12 bits per heavy atom. The lowest BCUT2D eigenvalue weighted by molar-refractivity contribution is -0.118. The van der Waals surface area contributed by atoms with Gasteiger partial charge in [-0.2, -0.15) is 0 Å². The predicted molar refractivity (Wildman–Crippen MR) is 69.4 cm³/mol. The molecule has 1 aromatic rings. The minimum absolute atomic E-state index is 0.0277. The lowest BCUT2D eigenvalue weighted by Crippen LogP contribution is -2.29. The lowest BCUT2D eigenvalue weighted by Gasteiger charge is -2.07. The molecule has 1 rings (SSSR count). The minimum atomic E-state index is -0.0277. The van der Waals surface area contributed by atoms with Crippen molar-refractivity contribution in [3.63, 3.8) is 0 Å². The molecule has 2 N–H and O–H groups in total. The van der Waals surface area contributed by atoms with Gasteiger partial charge < -0.3 is 15.2 Å². The number of ether oxygens (including phenoxy) is 1. The number of para-hydroxylation sites is 1. The molecule has 0 unspecified atom stereocenters. The molecule has 1 amide bonds. The van der Waals surface area contributed by atoms with Crippen LogP contribution in [0.3, 0.4) is 0 Å². The standard InChI is InChI=1S/C12H17NO3S/c14-7-9-17-10-12(15)13-6-8-16-11-4-2-1-3-5-11/h1-5,14H,6-10H2,(H,13,15). The number of hydrogen-bond acceptors (Lipinski definition) is 4. The zero-order valence-electron chi connectivity index (χ0n) is 9.59. The van der Waals surface area contributed by atoms with Crippen LogP contribution in [0, 0.1) is 0 Å². The van der Waals surface area contributed by atoms with Crippen LogP contribution in [0.25, 0.3) is 0 Å². The Hall–Kier alpha value is -1.20. The van der Waals surface area contributed by atoms with E-state index in [1.807, 2.05) is 30.3 Å². The van der Waals surface area contributed by atoms with Gasteiger partial charge in [-0.05, 0) is 12.1 Å². The van der Waals surface area contributed by atoms with Gasteiger partial charge in [0.25, 0.3) is 0 Å². The monoisotopic (exact) mass is 255 g/mol. The molecule has 0 aromatic heterocycles. The molecule has 0 bridgehead atoms. The summed E-state index contributed by atoms with van der Waals surface area (Å²) in [5.74, 6) is 1.75. The van der Waals surface area contributed by atoms with Gasteiger partial charge in [0, 0.05) is 5.75 Å². The van der Waals surface area contributed by atoms with Gasteiger partial charge in [-0.1, -0.05) is 18.2 Å². The molecule has 94 valence electrons. The number of benzene rings is 1. The van der Waals surface area contributed by atoms with Crippen LogP contribution in [-0.4, -0.2) is 42.3 Å². The number of aliphatic hydroxyl groups is 1. The highest BCUT2D eigenvalue weighted by atomic mass is 32.2. The third kappa shape index (κ3) is 6.86. The van der Waals surface area contributed by atoms with Crippen LogP contribution in [0.15, 0.2) is 30.3 Å². The fourth-order valence-electron chi connectivity index (χ4n) is 1.16. The highest BCUT2D eigenvalue weighted by Crippen LogP contribution is 2.07. The summed E-state index contributed by atoms with van der Waals surface area (Å²) in [4.78, 5) is 11.3. The summed E-state index contributed by atoms with van der Waals surface area (Å²) >= 11 is 1.41. The van der Waals surface area contributed by atoms with Crippen molar-refractivity contribution in [3.8, 4) is 5.75 Å². The Bertz CT molecular complexity index is 319. The van der Waals surface area contributed by atoms with Crippen LogP contribution in [-0.2, 0) is 4.79 Å². The maximum atomic E-state index is 11.3. The van der Waals surface area contributed by atoms with Crippen LogP contribution < -0.4 is 10.1 Å². The van der Waals surface area contributed by atoms with Crippen molar-refractivity contribution in [1.29, 1.82) is 0 Å². The molecule has 0 saturated heterocycles. The zero-order chi connectivity index (χ0) is 12.3. The molecule has 17 heavy (non-hydrogen) atoms. The molecule has 0 aliphatic heterocycles. The number of hydrogen-bond donors (Lipinski definition) is 2. The van der Waals surface area contributed by atoms with E-state index < -0.39 is 0 Å². The summed E-state index contributed by atoms with van der Waals surface area (Å²) in [5.41, 5.74) is 0. The van der Waals surface area contributed by atoms with Crippen molar-refractivity contribution in [2.45, 2.75) is 0 Å². The molecule has 5 heteroatoms. The largest absolute Gasteiger partial charge is 0.492 e. The summed E-state index contributed by atoms with van der Waals surface area (Å²) < 4.78 is 5.42. The van der Waals surface area contributed by atoms with Crippen molar-refractivity contribution in [1.82, 2.24) is 5.32 Å². The molecular weight excluding hydrogens is 238 g/mol. The van der Waals surface area contributed by atoms with Crippen LogP contribution in [0.4, 0.5) is 0 Å². The van der Waals surface area contributed by atoms with Crippen molar-refractivity contribution >= 4 is 17.7 Å². The molecule has 0 radical (unpaired) electrons. The second kappa shape index (κ2) is 8.90. The van der Waals surface area contributed by atoms with Crippen molar-refractivity contribution in [3.05, 3.63) is 30.3 Å². The van der Waals surface area contributed by atoms with E-state index in [0.29, 0.717) is 24.7 Å². The second-order valence-electron chi connectivity index (χ2n) is 3.29. The highest BCUT2D eigenvalue weighted by molar-refractivity contribution is 7.99. The summed E-state index contributed by atoms with van der Waals surface area (Å²) in [6, 6.07) is 9.48. The number of nitrogens with one attached hydrogen (secondary N) is 1. The van der Waals surface area contributed by atoms with Gasteiger partial charge >= 0.3 is 0 Å². The Labute approximate surface area is 105 Å². The number of thioether (sulfide) groups is 1. The molecule has 0 heterocycles. The maximum absolute atomic E-state index is 11.3. The topological polar surface area (TPSA) is 58.6 Å². The molecule has 0 fully saturated rings. The van der Waals surface area contributed by atoms with E-state index in [2.05, 4.69) is 5.32 Å². The minimum Gasteiger partial charge on any atom is -0.492 e. The zero-order valence-corrected chi connectivity index (χ0v) is 10.4. The van der Waals surface area contributed by atoms with E-state index >= 15 is 0 Å². The summed E-state index contributed by atoms with van der Waals surface area (Å²) in [6.07, 6.45) is 0. The molecule has 4 nitrogen and oxygen atoms in total. The normalized spacial score (nSPS) is 9.94. The fraction of sp³-hybridized carbons (Fsp3) is 0.417. The summed E-state index contributed by atoms with van der Waals surface area (Å²) in [5, 5.41) is 11.3. The van der Waals surface area contributed by atoms with Crippen LogP contribution in [0.5, 0.6) is 5.75 Å².